The Hall–Kier alpha value is -1.55. The third-order valence-electron chi connectivity index (χ3n) is 3.37. The van der Waals surface area contributed by atoms with Crippen molar-refractivity contribution >= 4 is 28.6 Å². The minimum absolute atomic E-state index is 0.103. The molecule has 3 rings (SSSR count). The summed E-state index contributed by atoms with van der Waals surface area (Å²) in [5, 5.41) is 1.98. The third kappa shape index (κ3) is 2.32. The zero-order valence-electron chi connectivity index (χ0n) is 11.0. The van der Waals surface area contributed by atoms with Crippen LogP contribution in [0.4, 0.5) is 0 Å². The fourth-order valence-corrected chi connectivity index (χ4v) is 3.38. The second-order valence-electron chi connectivity index (χ2n) is 4.81. The van der Waals surface area contributed by atoms with Gasteiger partial charge in [0, 0.05) is 11.8 Å². The first kappa shape index (κ1) is 12.5. The van der Waals surface area contributed by atoms with Crippen LogP contribution < -0.4 is 0 Å². The largest absolute Gasteiger partial charge is 0.465 e. The number of esters is 1. The summed E-state index contributed by atoms with van der Waals surface area (Å²) in [5.74, 6) is -0.116. The van der Waals surface area contributed by atoms with Crippen LogP contribution in [0.3, 0.4) is 0 Å². The first-order chi connectivity index (χ1) is 9.15. The van der Waals surface area contributed by atoms with Gasteiger partial charge in [0.1, 0.15) is 5.25 Å². The summed E-state index contributed by atoms with van der Waals surface area (Å²) in [7, 11) is 0. The van der Waals surface area contributed by atoms with E-state index < -0.39 is 0 Å². The predicted molar refractivity (Wildman–Crippen MR) is 76.4 cm³/mol. The number of aryl methyl sites for hydroxylation is 2. The van der Waals surface area contributed by atoms with Crippen LogP contribution in [0.5, 0.6) is 0 Å². The number of thioether (sulfide) groups is 1. The van der Waals surface area contributed by atoms with Gasteiger partial charge in [0.05, 0.1) is 17.1 Å². The number of fused-ring (bicyclic) bond motifs is 1. The van der Waals surface area contributed by atoms with Crippen molar-refractivity contribution < 1.29 is 9.53 Å². The molecule has 0 amide bonds. The fourth-order valence-electron chi connectivity index (χ4n) is 2.32. The SMILES string of the molecule is Cc1cc(SC2CCOC2=O)nc2c(C)cccc12. The van der Waals surface area contributed by atoms with Crippen molar-refractivity contribution in [1.29, 1.82) is 0 Å². The van der Waals surface area contributed by atoms with Gasteiger partial charge < -0.3 is 4.74 Å². The van der Waals surface area contributed by atoms with Crippen molar-refractivity contribution in [1.82, 2.24) is 4.98 Å². The molecular weight excluding hydrogens is 258 g/mol. The number of carbonyl (C=O) groups is 1. The first-order valence-electron chi connectivity index (χ1n) is 6.35. The Morgan fingerprint density at radius 3 is 2.89 bits per heavy atom. The molecule has 0 aliphatic carbocycles. The highest BCUT2D eigenvalue weighted by Gasteiger charge is 2.28. The molecule has 98 valence electrons. The van der Waals surface area contributed by atoms with E-state index in [9.17, 15) is 4.79 Å². The maximum atomic E-state index is 11.5. The van der Waals surface area contributed by atoms with Crippen LogP contribution in [-0.2, 0) is 9.53 Å². The number of para-hydroxylation sites is 1. The van der Waals surface area contributed by atoms with Gasteiger partial charge >= 0.3 is 5.97 Å². The van der Waals surface area contributed by atoms with E-state index in [0.717, 1.165) is 22.5 Å². The molecule has 19 heavy (non-hydrogen) atoms. The summed E-state index contributed by atoms with van der Waals surface area (Å²) in [6.45, 7) is 4.68. The molecule has 1 fully saturated rings. The molecule has 0 spiro atoms. The summed E-state index contributed by atoms with van der Waals surface area (Å²) in [5.41, 5.74) is 3.39. The van der Waals surface area contributed by atoms with E-state index in [1.165, 1.54) is 22.7 Å². The maximum Gasteiger partial charge on any atom is 0.319 e. The lowest BCUT2D eigenvalue weighted by Gasteiger charge is -2.09. The molecule has 2 heterocycles. The van der Waals surface area contributed by atoms with Gasteiger partial charge in [0.15, 0.2) is 0 Å². The number of ether oxygens (including phenoxy) is 1. The van der Waals surface area contributed by atoms with E-state index in [-0.39, 0.29) is 11.2 Å². The number of aromatic nitrogens is 1. The molecule has 1 saturated heterocycles. The molecule has 1 unspecified atom stereocenters. The molecule has 1 aliphatic heterocycles. The number of hydrogen-bond donors (Lipinski definition) is 0. The van der Waals surface area contributed by atoms with Gasteiger partial charge in [-0.3, -0.25) is 4.79 Å². The van der Waals surface area contributed by atoms with Crippen LogP contribution in [0.15, 0.2) is 29.3 Å². The molecule has 1 atom stereocenters. The number of carbonyl (C=O) groups excluding carboxylic acids is 1. The summed E-state index contributed by atoms with van der Waals surface area (Å²) in [6.07, 6.45) is 0.774. The van der Waals surface area contributed by atoms with Crippen LogP contribution in [0.25, 0.3) is 10.9 Å². The maximum absolute atomic E-state index is 11.5. The second kappa shape index (κ2) is 4.85. The van der Waals surface area contributed by atoms with E-state index >= 15 is 0 Å². The molecule has 1 aliphatic rings. The Morgan fingerprint density at radius 2 is 2.16 bits per heavy atom. The Labute approximate surface area is 116 Å². The third-order valence-corrected chi connectivity index (χ3v) is 4.54. The van der Waals surface area contributed by atoms with Gasteiger partial charge in [-0.1, -0.05) is 30.0 Å². The quantitative estimate of drug-likeness (QED) is 0.787. The number of rotatable bonds is 2. The average molecular weight is 273 g/mol. The van der Waals surface area contributed by atoms with Crippen molar-refractivity contribution in [3.63, 3.8) is 0 Å². The van der Waals surface area contributed by atoms with Crippen molar-refractivity contribution in [3.8, 4) is 0 Å². The number of benzene rings is 1. The van der Waals surface area contributed by atoms with Gasteiger partial charge in [-0.25, -0.2) is 4.98 Å². The summed E-state index contributed by atoms with van der Waals surface area (Å²) >= 11 is 1.51. The molecule has 1 aromatic carbocycles. The van der Waals surface area contributed by atoms with Crippen LogP contribution in [0.1, 0.15) is 17.5 Å². The van der Waals surface area contributed by atoms with Crippen LogP contribution in [0.2, 0.25) is 0 Å². The Bertz CT molecular complexity index is 654. The van der Waals surface area contributed by atoms with Crippen LogP contribution in [-0.4, -0.2) is 22.8 Å². The standard InChI is InChI=1S/C15H15NO2S/c1-9-4-3-5-11-10(2)8-13(16-14(9)11)19-12-6-7-18-15(12)17/h3-5,8,12H,6-7H2,1-2H3. The summed E-state index contributed by atoms with van der Waals surface area (Å²) in [6, 6.07) is 8.25. The van der Waals surface area contributed by atoms with E-state index in [2.05, 4.69) is 37.0 Å². The lowest BCUT2D eigenvalue weighted by atomic mass is 10.1. The lowest BCUT2D eigenvalue weighted by Crippen LogP contribution is -2.09. The Kier molecular flexibility index (Phi) is 3.19. The molecule has 0 N–H and O–H groups in total. The summed E-state index contributed by atoms with van der Waals surface area (Å²) in [4.78, 5) is 16.2. The van der Waals surface area contributed by atoms with Gasteiger partial charge in [-0.05, 0) is 31.0 Å². The van der Waals surface area contributed by atoms with Crippen molar-refractivity contribution in [2.45, 2.75) is 30.5 Å². The first-order valence-corrected chi connectivity index (χ1v) is 7.23. The van der Waals surface area contributed by atoms with Crippen molar-refractivity contribution in [2.24, 2.45) is 0 Å². The van der Waals surface area contributed by atoms with Crippen molar-refractivity contribution in [3.05, 3.63) is 35.4 Å². The number of nitrogens with zero attached hydrogens (tertiary/aromatic N) is 1. The predicted octanol–water partition coefficient (Wildman–Crippen LogP) is 3.26. The number of cyclic esters (lactones) is 1. The monoisotopic (exact) mass is 273 g/mol. The minimum Gasteiger partial charge on any atom is -0.465 e. The van der Waals surface area contributed by atoms with E-state index in [1.54, 1.807) is 0 Å². The molecule has 1 aromatic heterocycles. The normalized spacial score (nSPS) is 18.8. The molecule has 0 radical (unpaired) electrons. The van der Waals surface area contributed by atoms with Gasteiger partial charge in [-0.15, -0.1) is 0 Å². The number of pyridine rings is 1. The second-order valence-corrected chi connectivity index (χ2v) is 6.03. The number of hydrogen-bond acceptors (Lipinski definition) is 4. The average Bonchev–Trinajstić information content (AvgIpc) is 2.77. The Balaban J connectivity index is 2.00. The molecule has 0 bridgehead atoms. The van der Waals surface area contributed by atoms with Crippen LogP contribution in [0, 0.1) is 13.8 Å². The molecule has 3 nitrogen and oxygen atoms in total. The highest BCUT2D eigenvalue weighted by Crippen LogP contribution is 2.31. The lowest BCUT2D eigenvalue weighted by molar-refractivity contribution is -0.137. The molecule has 4 heteroatoms. The van der Waals surface area contributed by atoms with E-state index in [1.807, 2.05) is 6.07 Å². The summed E-state index contributed by atoms with van der Waals surface area (Å²) < 4.78 is 4.99. The topological polar surface area (TPSA) is 39.2 Å². The van der Waals surface area contributed by atoms with Crippen LogP contribution >= 0.6 is 11.8 Å². The minimum atomic E-state index is -0.116. The van der Waals surface area contributed by atoms with Gasteiger partial charge in [0.2, 0.25) is 0 Å². The smallest absolute Gasteiger partial charge is 0.319 e. The highest BCUT2D eigenvalue weighted by atomic mass is 32.2. The fraction of sp³-hybridized carbons (Fsp3) is 0.333. The van der Waals surface area contributed by atoms with Gasteiger partial charge in [-0.2, -0.15) is 0 Å². The zero-order valence-corrected chi connectivity index (χ0v) is 11.8. The zero-order chi connectivity index (χ0) is 13.4. The molecule has 0 saturated carbocycles. The van der Waals surface area contributed by atoms with Gasteiger partial charge in [0.25, 0.3) is 0 Å². The van der Waals surface area contributed by atoms with E-state index in [0.29, 0.717) is 6.61 Å². The molecular formula is C15H15NO2S. The Morgan fingerprint density at radius 1 is 1.32 bits per heavy atom. The van der Waals surface area contributed by atoms with Crippen molar-refractivity contribution in [2.75, 3.05) is 6.61 Å². The molecule has 2 aromatic rings. The highest BCUT2D eigenvalue weighted by molar-refractivity contribution is 8.00. The van der Waals surface area contributed by atoms with E-state index in [4.69, 9.17) is 4.74 Å².